The van der Waals surface area contributed by atoms with Crippen molar-refractivity contribution in [1.29, 1.82) is 0 Å². The third-order valence-electron chi connectivity index (χ3n) is 2.50. The van der Waals surface area contributed by atoms with Gasteiger partial charge in [0.1, 0.15) is 5.60 Å². The summed E-state index contributed by atoms with van der Waals surface area (Å²) in [5, 5.41) is 12.2. The monoisotopic (exact) mass is 230 g/mol. The normalized spacial score (nSPS) is 26.7. The smallest absolute Gasteiger partial charge is 0.410 e. The quantitative estimate of drug-likeness (QED) is 0.691. The Hall–Kier alpha value is -0.810. The molecule has 1 amide bonds. The first kappa shape index (κ1) is 13.3. The molecule has 0 aromatic rings. The van der Waals surface area contributed by atoms with Crippen LogP contribution in [0.2, 0.25) is 0 Å². The highest BCUT2D eigenvalue weighted by Gasteiger charge is 2.31. The number of amides is 1. The first-order valence-corrected chi connectivity index (χ1v) is 5.67. The molecule has 0 unspecified atom stereocenters. The molecule has 0 radical (unpaired) electrons. The Morgan fingerprint density at radius 3 is 2.69 bits per heavy atom. The van der Waals surface area contributed by atoms with Crippen LogP contribution in [0, 0.1) is 0 Å². The first-order valence-electron chi connectivity index (χ1n) is 5.67. The minimum atomic E-state index is -0.476. The maximum Gasteiger partial charge on any atom is 0.410 e. The van der Waals surface area contributed by atoms with Crippen LogP contribution in [0.4, 0.5) is 4.79 Å². The van der Waals surface area contributed by atoms with Crippen LogP contribution >= 0.6 is 0 Å². The molecule has 2 N–H and O–H groups in total. The molecular formula is C11H22N2O3. The van der Waals surface area contributed by atoms with Gasteiger partial charge in [0.25, 0.3) is 0 Å². The summed E-state index contributed by atoms with van der Waals surface area (Å²) < 4.78 is 5.32. The van der Waals surface area contributed by atoms with E-state index in [-0.39, 0.29) is 24.8 Å². The van der Waals surface area contributed by atoms with Crippen LogP contribution in [0.5, 0.6) is 0 Å². The lowest BCUT2D eigenvalue weighted by Gasteiger charge is -2.38. The zero-order valence-corrected chi connectivity index (χ0v) is 10.5. The fourth-order valence-electron chi connectivity index (χ4n) is 1.63. The molecule has 0 aromatic heterocycles. The molecule has 5 nitrogen and oxygen atoms in total. The molecule has 0 aliphatic carbocycles. The molecule has 0 bridgehead atoms. The lowest BCUT2D eigenvalue weighted by Crippen LogP contribution is -2.59. The summed E-state index contributed by atoms with van der Waals surface area (Å²) in [6.07, 6.45) is -0.306. The second kappa shape index (κ2) is 5.01. The number of aliphatic hydroxyl groups excluding tert-OH is 1. The second-order valence-electron chi connectivity index (χ2n) is 5.27. The van der Waals surface area contributed by atoms with Crippen molar-refractivity contribution in [2.24, 2.45) is 0 Å². The number of hydrogen-bond acceptors (Lipinski definition) is 4. The van der Waals surface area contributed by atoms with E-state index >= 15 is 0 Å². The van der Waals surface area contributed by atoms with Crippen LogP contribution in [-0.2, 0) is 4.74 Å². The van der Waals surface area contributed by atoms with Crippen molar-refractivity contribution in [1.82, 2.24) is 10.2 Å². The Bertz CT molecular complexity index is 250. The van der Waals surface area contributed by atoms with E-state index in [1.54, 1.807) is 4.90 Å². The lowest BCUT2D eigenvalue weighted by atomic mass is 10.1. The molecular weight excluding hydrogens is 208 g/mol. The molecule has 1 rings (SSSR count). The zero-order chi connectivity index (χ0) is 12.3. The Labute approximate surface area is 96.8 Å². The van der Waals surface area contributed by atoms with E-state index in [0.29, 0.717) is 13.1 Å². The molecule has 1 aliphatic heterocycles. The Balaban J connectivity index is 2.59. The number of nitrogens with zero attached hydrogens (tertiary/aromatic N) is 1. The molecule has 16 heavy (non-hydrogen) atoms. The SMILES string of the molecule is C[C@H]1CN[C@@H](CO)CN1C(=O)OC(C)(C)C. The van der Waals surface area contributed by atoms with Crippen molar-refractivity contribution in [2.45, 2.75) is 45.4 Å². The summed E-state index contributed by atoms with van der Waals surface area (Å²) in [4.78, 5) is 13.5. The first-order chi connectivity index (χ1) is 7.33. The highest BCUT2D eigenvalue weighted by Crippen LogP contribution is 2.14. The topological polar surface area (TPSA) is 61.8 Å². The third-order valence-corrected chi connectivity index (χ3v) is 2.50. The maximum absolute atomic E-state index is 11.9. The van der Waals surface area contributed by atoms with Gasteiger partial charge in [-0.25, -0.2) is 4.79 Å². The van der Waals surface area contributed by atoms with Crippen LogP contribution in [0.1, 0.15) is 27.7 Å². The van der Waals surface area contributed by atoms with E-state index in [0.717, 1.165) is 0 Å². The molecule has 1 aliphatic rings. The van der Waals surface area contributed by atoms with Crippen LogP contribution in [0.15, 0.2) is 0 Å². The van der Waals surface area contributed by atoms with Gasteiger partial charge in [0.2, 0.25) is 0 Å². The van der Waals surface area contributed by atoms with Gasteiger partial charge < -0.3 is 20.1 Å². The van der Waals surface area contributed by atoms with Crippen LogP contribution in [-0.4, -0.2) is 53.5 Å². The summed E-state index contributed by atoms with van der Waals surface area (Å²) in [5.41, 5.74) is -0.476. The molecule has 1 saturated heterocycles. The van der Waals surface area contributed by atoms with Gasteiger partial charge in [-0.15, -0.1) is 0 Å². The number of hydrogen-bond donors (Lipinski definition) is 2. The van der Waals surface area contributed by atoms with Crippen molar-refractivity contribution in [2.75, 3.05) is 19.7 Å². The Kier molecular flexibility index (Phi) is 4.15. The van der Waals surface area contributed by atoms with Crippen LogP contribution in [0.25, 0.3) is 0 Å². The number of piperazine rings is 1. The Morgan fingerprint density at radius 2 is 2.19 bits per heavy atom. The fourth-order valence-corrected chi connectivity index (χ4v) is 1.63. The summed E-state index contributed by atoms with van der Waals surface area (Å²) in [6, 6.07) is 0.0429. The van der Waals surface area contributed by atoms with E-state index in [4.69, 9.17) is 9.84 Å². The van der Waals surface area contributed by atoms with Gasteiger partial charge in [-0.3, -0.25) is 0 Å². The fraction of sp³-hybridized carbons (Fsp3) is 0.909. The van der Waals surface area contributed by atoms with Gasteiger partial charge in [-0.2, -0.15) is 0 Å². The standard InChI is InChI=1S/C11H22N2O3/c1-8-5-12-9(7-14)6-13(8)10(15)16-11(2,3)4/h8-9,12,14H,5-7H2,1-4H3/t8-,9+/m0/s1. The second-order valence-corrected chi connectivity index (χ2v) is 5.27. The average Bonchev–Trinajstić information content (AvgIpc) is 2.15. The Morgan fingerprint density at radius 1 is 1.56 bits per heavy atom. The van der Waals surface area contributed by atoms with E-state index in [9.17, 15) is 4.79 Å². The minimum absolute atomic E-state index is 0.0337. The van der Waals surface area contributed by atoms with E-state index in [1.807, 2.05) is 27.7 Å². The summed E-state index contributed by atoms with van der Waals surface area (Å²) >= 11 is 0. The third kappa shape index (κ3) is 3.64. The predicted molar refractivity (Wildman–Crippen MR) is 61.3 cm³/mol. The van der Waals surface area contributed by atoms with Crippen molar-refractivity contribution in [3.63, 3.8) is 0 Å². The number of ether oxygens (including phenoxy) is 1. The van der Waals surface area contributed by atoms with Crippen LogP contribution < -0.4 is 5.32 Å². The highest BCUT2D eigenvalue weighted by atomic mass is 16.6. The van der Waals surface area contributed by atoms with Gasteiger partial charge in [0.15, 0.2) is 0 Å². The molecule has 0 spiro atoms. The van der Waals surface area contributed by atoms with E-state index in [1.165, 1.54) is 0 Å². The number of rotatable bonds is 1. The van der Waals surface area contributed by atoms with Crippen LogP contribution in [0.3, 0.4) is 0 Å². The lowest BCUT2D eigenvalue weighted by molar-refractivity contribution is 0.00688. The van der Waals surface area contributed by atoms with Gasteiger partial charge in [-0.05, 0) is 27.7 Å². The maximum atomic E-state index is 11.9. The van der Waals surface area contributed by atoms with Crippen molar-refractivity contribution >= 4 is 6.09 Å². The van der Waals surface area contributed by atoms with Gasteiger partial charge in [0.05, 0.1) is 6.61 Å². The van der Waals surface area contributed by atoms with E-state index in [2.05, 4.69) is 5.32 Å². The van der Waals surface area contributed by atoms with Crippen molar-refractivity contribution in [3.8, 4) is 0 Å². The van der Waals surface area contributed by atoms with Gasteiger partial charge in [-0.1, -0.05) is 0 Å². The highest BCUT2D eigenvalue weighted by molar-refractivity contribution is 5.68. The number of aliphatic hydroxyl groups is 1. The van der Waals surface area contributed by atoms with Gasteiger partial charge in [0, 0.05) is 25.2 Å². The predicted octanol–water partition coefficient (Wildman–Crippen LogP) is 0.576. The number of nitrogens with one attached hydrogen (secondary N) is 1. The summed E-state index contributed by atoms with van der Waals surface area (Å²) in [7, 11) is 0. The van der Waals surface area contributed by atoms with E-state index < -0.39 is 5.60 Å². The molecule has 0 saturated carbocycles. The number of carbonyl (C=O) groups excluding carboxylic acids is 1. The van der Waals surface area contributed by atoms with Crippen molar-refractivity contribution < 1.29 is 14.6 Å². The number of carbonyl (C=O) groups is 1. The molecule has 5 heteroatoms. The minimum Gasteiger partial charge on any atom is -0.444 e. The average molecular weight is 230 g/mol. The molecule has 2 atom stereocenters. The molecule has 1 heterocycles. The summed E-state index contributed by atoms with van der Waals surface area (Å²) in [5.74, 6) is 0. The molecule has 1 fully saturated rings. The summed E-state index contributed by atoms with van der Waals surface area (Å²) in [6.45, 7) is 8.72. The van der Waals surface area contributed by atoms with Crippen molar-refractivity contribution in [3.05, 3.63) is 0 Å². The van der Waals surface area contributed by atoms with Gasteiger partial charge >= 0.3 is 6.09 Å². The zero-order valence-electron chi connectivity index (χ0n) is 10.5. The molecule has 0 aromatic carbocycles. The largest absolute Gasteiger partial charge is 0.444 e. The molecule has 94 valence electrons.